The number of ketones is 1. The molecule has 1 heterocycles. The van der Waals surface area contributed by atoms with E-state index in [9.17, 15) is 9.18 Å². The van der Waals surface area contributed by atoms with E-state index < -0.39 is 0 Å². The van der Waals surface area contributed by atoms with Crippen LogP contribution >= 0.6 is 11.8 Å². The van der Waals surface area contributed by atoms with Crippen LogP contribution < -0.4 is 0 Å². The molecule has 0 atom stereocenters. The number of hydrogen-bond donors (Lipinski definition) is 0. The molecular formula is C14H17FO2S. The second kappa shape index (κ2) is 6.90. The molecule has 0 radical (unpaired) electrons. The molecule has 1 aromatic carbocycles. The minimum absolute atomic E-state index is 0.0922. The average Bonchev–Trinajstić information content (AvgIpc) is 2.40. The molecule has 4 heteroatoms. The van der Waals surface area contributed by atoms with Crippen LogP contribution in [0.3, 0.4) is 0 Å². The van der Waals surface area contributed by atoms with Gasteiger partial charge in [-0.25, -0.2) is 4.39 Å². The molecule has 0 N–H and O–H groups in total. The van der Waals surface area contributed by atoms with Crippen molar-refractivity contribution in [2.45, 2.75) is 24.5 Å². The number of Topliss-reactive ketones (excluding diaryl/α,β-unsaturated/α-hetero) is 1. The van der Waals surface area contributed by atoms with Crippen molar-refractivity contribution >= 4 is 17.5 Å². The summed E-state index contributed by atoms with van der Waals surface area (Å²) in [5, 5.41) is 0.625. The molecule has 18 heavy (non-hydrogen) atoms. The van der Waals surface area contributed by atoms with Gasteiger partial charge in [0.05, 0.1) is 0 Å². The maximum atomic E-state index is 12.7. The van der Waals surface area contributed by atoms with Crippen LogP contribution in [0.5, 0.6) is 0 Å². The first-order chi connectivity index (χ1) is 8.75. The van der Waals surface area contributed by atoms with Crippen molar-refractivity contribution in [2.75, 3.05) is 19.0 Å². The third kappa shape index (κ3) is 4.10. The smallest absolute Gasteiger partial charge is 0.163 e. The fraction of sp³-hybridized carbons (Fsp3) is 0.500. The van der Waals surface area contributed by atoms with Gasteiger partial charge in [-0.1, -0.05) is 0 Å². The lowest BCUT2D eigenvalue weighted by Gasteiger charge is -2.21. The molecule has 2 nitrogen and oxygen atoms in total. The van der Waals surface area contributed by atoms with Crippen LogP contribution in [0.1, 0.15) is 29.6 Å². The molecule has 2 rings (SSSR count). The van der Waals surface area contributed by atoms with Crippen LogP contribution in [0.15, 0.2) is 24.3 Å². The van der Waals surface area contributed by atoms with Crippen molar-refractivity contribution in [1.29, 1.82) is 0 Å². The fourth-order valence-corrected chi connectivity index (χ4v) is 3.10. The standard InChI is InChI=1S/C14H17FO2S/c15-12-3-1-11(2-4-12)14(16)7-10-18-13-5-8-17-9-6-13/h1-4,13H,5-10H2. The number of rotatable bonds is 5. The van der Waals surface area contributed by atoms with E-state index in [0.29, 0.717) is 17.2 Å². The summed E-state index contributed by atoms with van der Waals surface area (Å²) < 4.78 is 18.0. The predicted octanol–water partition coefficient (Wildman–Crippen LogP) is 3.31. The molecule has 1 aromatic rings. The number of carbonyl (C=O) groups excluding carboxylic acids is 1. The fourth-order valence-electron chi connectivity index (χ4n) is 1.94. The Labute approximate surface area is 111 Å². The van der Waals surface area contributed by atoms with Gasteiger partial charge in [-0.15, -0.1) is 0 Å². The SMILES string of the molecule is O=C(CCSC1CCOCC1)c1ccc(F)cc1. The molecule has 1 saturated heterocycles. The van der Waals surface area contributed by atoms with Crippen LogP contribution in [0.2, 0.25) is 0 Å². The van der Waals surface area contributed by atoms with Gasteiger partial charge in [-0.2, -0.15) is 11.8 Å². The molecule has 0 amide bonds. The molecule has 0 saturated carbocycles. The molecule has 0 aromatic heterocycles. The minimum atomic E-state index is -0.303. The summed E-state index contributed by atoms with van der Waals surface area (Å²) in [6, 6.07) is 5.77. The van der Waals surface area contributed by atoms with Gasteiger partial charge in [0.15, 0.2) is 5.78 Å². The van der Waals surface area contributed by atoms with Gasteiger partial charge in [0, 0.05) is 36.2 Å². The van der Waals surface area contributed by atoms with Crippen molar-refractivity contribution < 1.29 is 13.9 Å². The van der Waals surface area contributed by atoms with E-state index in [0.717, 1.165) is 31.8 Å². The van der Waals surface area contributed by atoms with Crippen molar-refractivity contribution in [1.82, 2.24) is 0 Å². The van der Waals surface area contributed by atoms with Gasteiger partial charge in [-0.3, -0.25) is 4.79 Å². The Morgan fingerprint density at radius 1 is 1.28 bits per heavy atom. The lowest BCUT2D eigenvalue weighted by atomic mass is 10.1. The predicted molar refractivity (Wildman–Crippen MR) is 71.6 cm³/mol. The summed E-state index contributed by atoms with van der Waals surface area (Å²) >= 11 is 1.85. The molecule has 98 valence electrons. The zero-order valence-corrected chi connectivity index (χ0v) is 11.0. The van der Waals surface area contributed by atoms with Gasteiger partial charge in [-0.05, 0) is 37.1 Å². The molecule has 1 aliphatic heterocycles. The normalized spacial score (nSPS) is 16.7. The van der Waals surface area contributed by atoms with Crippen molar-refractivity contribution in [2.24, 2.45) is 0 Å². The van der Waals surface area contributed by atoms with Crippen molar-refractivity contribution in [3.63, 3.8) is 0 Å². The van der Waals surface area contributed by atoms with Crippen LogP contribution in [0.4, 0.5) is 4.39 Å². The average molecular weight is 268 g/mol. The third-order valence-corrected chi connectivity index (χ3v) is 4.40. The van der Waals surface area contributed by atoms with Gasteiger partial charge < -0.3 is 4.74 Å². The molecule has 0 unspecified atom stereocenters. The summed E-state index contributed by atoms with van der Waals surface area (Å²) in [6.45, 7) is 1.67. The number of benzene rings is 1. The number of carbonyl (C=O) groups is 1. The lowest BCUT2D eigenvalue weighted by Crippen LogP contribution is -2.18. The van der Waals surface area contributed by atoms with Crippen LogP contribution in [0, 0.1) is 5.82 Å². The van der Waals surface area contributed by atoms with E-state index in [4.69, 9.17) is 4.74 Å². The van der Waals surface area contributed by atoms with E-state index in [2.05, 4.69) is 0 Å². The highest BCUT2D eigenvalue weighted by Gasteiger charge is 2.14. The summed E-state index contributed by atoms with van der Waals surface area (Å²) in [5.74, 6) is 0.624. The number of hydrogen-bond acceptors (Lipinski definition) is 3. The summed E-state index contributed by atoms with van der Waals surface area (Å²) in [6.07, 6.45) is 2.68. The Balaban J connectivity index is 1.72. The van der Waals surface area contributed by atoms with Gasteiger partial charge in [0.25, 0.3) is 0 Å². The van der Waals surface area contributed by atoms with E-state index in [-0.39, 0.29) is 11.6 Å². The number of halogens is 1. The summed E-state index contributed by atoms with van der Waals surface area (Å²) in [7, 11) is 0. The highest BCUT2D eigenvalue weighted by atomic mass is 32.2. The Kier molecular flexibility index (Phi) is 5.20. The van der Waals surface area contributed by atoms with Gasteiger partial charge in [0.1, 0.15) is 5.82 Å². The Morgan fingerprint density at radius 3 is 2.61 bits per heavy atom. The molecule has 1 fully saturated rings. The van der Waals surface area contributed by atoms with Crippen LogP contribution in [-0.4, -0.2) is 30.0 Å². The van der Waals surface area contributed by atoms with E-state index in [1.807, 2.05) is 11.8 Å². The first-order valence-corrected chi connectivity index (χ1v) is 7.29. The highest BCUT2D eigenvalue weighted by Crippen LogP contribution is 2.23. The molecule has 0 aliphatic carbocycles. The summed E-state index contributed by atoms with van der Waals surface area (Å²) in [4.78, 5) is 11.8. The van der Waals surface area contributed by atoms with Crippen LogP contribution in [-0.2, 0) is 4.74 Å². The molecular weight excluding hydrogens is 251 g/mol. The van der Waals surface area contributed by atoms with E-state index >= 15 is 0 Å². The number of thioether (sulfide) groups is 1. The second-order valence-corrected chi connectivity index (χ2v) is 5.77. The largest absolute Gasteiger partial charge is 0.381 e. The van der Waals surface area contributed by atoms with Gasteiger partial charge in [0.2, 0.25) is 0 Å². The van der Waals surface area contributed by atoms with Crippen LogP contribution in [0.25, 0.3) is 0 Å². The monoisotopic (exact) mass is 268 g/mol. The summed E-state index contributed by atoms with van der Waals surface area (Å²) in [5.41, 5.74) is 0.601. The molecule has 0 spiro atoms. The van der Waals surface area contributed by atoms with E-state index in [1.165, 1.54) is 12.1 Å². The topological polar surface area (TPSA) is 26.3 Å². The second-order valence-electron chi connectivity index (χ2n) is 4.36. The molecule has 1 aliphatic rings. The maximum absolute atomic E-state index is 12.7. The highest BCUT2D eigenvalue weighted by molar-refractivity contribution is 7.99. The van der Waals surface area contributed by atoms with Gasteiger partial charge >= 0.3 is 0 Å². The molecule has 0 bridgehead atoms. The zero-order valence-electron chi connectivity index (χ0n) is 10.2. The van der Waals surface area contributed by atoms with Crippen molar-refractivity contribution in [3.05, 3.63) is 35.6 Å². The first kappa shape index (κ1) is 13.6. The first-order valence-electron chi connectivity index (χ1n) is 6.24. The minimum Gasteiger partial charge on any atom is -0.381 e. The Bertz CT molecular complexity index is 385. The van der Waals surface area contributed by atoms with Crippen molar-refractivity contribution in [3.8, 4) is 0 Å². The lowest BCUT2D eigenvalue weighted by molar-refractivity contribution is 0.0987. The quantitative estimate of drug-likeness (QED) is 0.766. The zero-order chi connectivity index (χ0) is 12.8. The van der Waals surface area contributed by atoms with E-state index in [1.54, 1.807) is 12.1 Å². The Hall–Kier alpha value is -0.870. The number of ether oxygens (including phenoxy) is 1. The Morgan fingerprint density at radius 2 is 1.94 bits per heavy atom. The third-order valence-electron chi connectivity index (χ3n) is 3.02. The maximum Gasteiger partial charge on any atom is 0.163 e.